The minimum Gasteiger partial charge on any atom is -0.493 e. The van der Waals surface area contributed by atoms with Gasteiger partial charge in [-0.1, -0.05) is 47.5 Å². The third-order valence-electron chi connectivity index (χ3n) is 5.73. The van der Waals surface area contributed by atoms with Crippen molar-refractivity contribution in [2.45, 2.75) is 13.5 Å². The molecule has 1 aliphatic heterocycles. The Bertz CT molecular complexity index is 1530. The Kier molecular flexibility index (Phi) is 9.93. The van der Waals surface area contributed by atoms with Gasteiger partial charge in [-0.2, -0.15) is 0 Å². The second-order valence-corrected chi connectivity index (χ2v) is 10.4. The third kappa shape index (κ3) is 7.40. The van der Waals surface area contributed by atoms with Crippen LogP contribution in [0.3, 0.4) is 0 Å². The lowest BCUT2D eigenvalue weighted by Crippen LogP contribution is -2.36. The van der Waals surface area contributed by atoms with Crippen molar-refractivity contribution in [3.8, 4) is 11.5 Å². The van der Waals surface area contributed by atoms with Crippen LogP contribution in [0.4, 0.5) is 10.5 Å². The molecule has 4 rings (SSSR count). The second kappa shape index (κ2) is 13.6. The molecule has 1 heterocycles. The molecule has 0 bridgehead atoms. The molecule has 1 N–H and O–H groups in total. The molecule has 0 spiro atoms. The zero-order valence-corrected chi connectivity index (χ0v) is 24.3. The number of methoxy groups -OCH3 is 1. The van der Waals surface area contributed by atoms with Gasteiger partial charge in [0.25, 0.3) is 11.1 Å². The number of carbonyl (C=O) groups is 4. The highest BCUT2D eigenvalue weighted by atomic mass is 35.5. The van der Waals surface area contributed by atoms with Crippen LogP contribution in [0.15, 0.2) is 65.6 Å². The number of benzene rings is 3. The van der Waals surface area contributed by atoms with Crippen molar-refractivity contribution in [2.24, 2.45) is 0 Å². The van der Waals surface area contributed by atoms with Crippen molar-refractivity contribution >= 4 is 69.8 Å². The minimum absolute atomic E-state index is 0.0767. The molecule has 12 heteroatoms. The van der Waals surface area contributed by atoms with Gasteiger partial charge in [0.15, 0.2) is 11.5 Å². The molecule has 1 fully saturated rings. The van der Waals surface area contributed by atoms with Gasteiger partial charge in [-0.15, -0.1) is 0 Å². The maximum absolute atomic E-state index is 13.1. The quantitative estimate of drug-likeness (QED) is 0.205. The van der Waals surface area contributed by atoms with Gasteiger partial charge in [0.1, 0.15) is 13.2 Å². The molecule has 1 saturated heterocycles. The number of imide groups is 1. The molecular formula is C29H24Cl2N2O7S. The average molecular weight is 615 g/mol. The molecule has 3 aromatic carbocycles. The van der Waals surface area contributed by atoms with Crippen LogP contribution in [0.5, 0.6) is 11.5 Å². The predicted octanol–water partition coefficient (Wildman–Crippen LogP) is 6.43. The number of carbonyl (C=O) groups excluding carboxylic acids is 4. The molecule has 0 aromatic heterocycles. The summed E-state index contributed by atoms with van der Waals surface area (Å²) in [5, 5.41) is 2.73. The van der Waals surface area contributed by atoms with Gasteiger partial charge in [-0.3, -0.25) is 19.3 Å². The summed E-state index contributed by atoms with van der Waals surface area (Å²) in [5.74, 6) is -1.09. The number of para-hydroxylation sites is 1. The fourth-order valence-electron chi connectivity index (χ4n) is 3.79. The maximum atomic E-state index is 13.1. The first-order chi connectivity index (χ1) is 19.7. The van der Waals surface area contributed by atoms with Crippen LogP contribution in [0.2, 0.25) is 10.0 Å². The van der Waals surface area contributed by atoms with E-state index in [1.54, 1.807) is 37.3 Å². The van der Waals surface area contributed by atoms with Gasteiger partial charge in [0, 0.05) is 16.3 Å². The Morgan fingerprint density at radius 3 is 2.51 bits per heavy atom. The van der Waals surface area contributed by atoms with Crippen LogP contribution in [0, 0.1) is 0 Å². The summed E-state index contributed by atoms with van der Waals surface area (Å²) in [7, 11) is 1.50. The van der Waals surface area contributed by atoms with E-state index in [9.17, 15) is 19.2 Å². The first-order valence-electron chi connectivity index (χ1n) is 12.3. The highest BCUT2D eigenvalue weighted by Crippen LogP contribution is 2.38. The summed E-state index contributed by atoms with van der Waals surface area (Å²) in [6.07, 6.45) is 1.52. The number of hydrogen-bond donors (Lipinski definition) is 1. The average Bonchev–Trinajstić information content (AvgIpc) is 3.21. The summed E-state index contributed by atoms with van der Waals surface area (Å²) in [6, 6.07) is 16.6. The first-order valence-corrected chi connectivity index (χ1v) is 13.8. The number of rotatable bonds is 10. The second-order valence-electron chi connectivity index (χ2n) is 8.52. The number of hydrogen-bond acceptors (Lipinski definition) is 8. The van der Waals surface area contributed by atoms with E-state index in [0.29, 0.717) is 33.8 Å². The number of ether oxygens (including phenoxy) is 3. The van der Waals surface area contributed by atoms with Crippen molar-refractivity contribution in [3.05, 3.63) is 92.3 Å². The molecule has 0 radical (unpaired) electrons. The fourth-order valence-corrected chi connectivity index (χ4v) is 4.94. The first kappa shape index (κ1) is 30.0. The molecule has 0 aliphatic carbocycles. The van der Waals surface area contributed by atoms with E-state index < -0.39 is 29.6 Å². The molecule has 212 valence electrons. The Balaban J connectivity index is 1.48. The van der Waals surface area contributed by atoms with Gasteiger partial charge in [0.2, 0.25) is 5.91 Å². The number of halogens is 2. The Morgan fingerprint density at radius 1 is 1.05 bits per heavy atom. The zero-order chi connectivity index (χ0) is 29.5. The van der Waals surface area contributed by atoms with Gasteiger partial charge >= 0.3 is 5.97 Å². The number of esters is 1. The third-order valence-corrected chi connectivity index (χ3v) is 7.22. The van der Waals surface area contributed by atoms with E-state index in [1.165, 1.54) is 31.4 Å². The largest absolute Gasteiger partial charge is 0.493 e. The van der Waals surface area contributed by atoms with E-state index in [2.05, 4.69) is 5.32 Å². The van der Waals surface area contributed by atoms with Gasteiger partial charge < -0.3 is 19.5 Å². The van der Waals surface area contributed by atoms with Gasteiger partial charge in [-0.25, -0.2) is 4.79 Å². The summed E-state index contributed by atoms with van der Waals surface area (Å²) in [6.45, 7) is 1.50. The molecule has 0 atom stereocenters. The molecule has 9 nitrogen and oxygen atoms in total. The Labute approximate surface area is 250 Å². The molecule has 41 heavy (non-hydrogen) atoms. The predicted molar refractivity (Wildman–Crippen MR) is 157 cm³/mol. The van der Waals surface area contributed by atoms with Gasteiger partial charge in [-0.05, 0) is 66.7 Å². The van der Waals surface area contributed by atoms with Crippen molar-refractivity contribution in [1.82, 2.24) is 4.90 Å². The fraction of sp³-hybridized carbons (Fsp3) is 0.172. The lowest BCUT2D eigenvalue weighted by atomic mass is 10.1. The monoisotopic (exact) mass is 614 g/mol. The number of amides is 3. The highest BCUT2D eigenvalue weighted by molar-refractivity contribution is 8.18. The number of thioether (sulfide) groups is 1. The molecule has 0 unspecified atom stereocenters. The topological polar surface area (TPSA) is 111 Å². The Hall–Kier alpha value is -3.99. The van der Waals surface area contributed by atoms with Crippen LogP contribution in [0.25, 0.3) is 6.08 Å². The standard InChI is InChI=1S/C29H24Cl2N2O7S/c1-3-39-28(36)21-14-20(11-12-22(21)31)32-25(34)15-33-27(35)24(41-29(33)37)13-18-5-4-6-23(38-2)26(18)40-16-17-7-9-19(30)10-8-17/h4-14H,3,15-16H2,1-2H3,(H,32,34)/b24-13+. The molecule has 3 amide bonds. The van der Waals surface area contributed by atoms with E-state index in [4.69, 9.17) is 37.4 Å². The van der Waals surface area contributed by atoms with E-state index in [1.807, 2.05) is 12.1 Å². The van der Waals surface area contributed by atoms with Crippen molar-refractivity contribution in [3.63, 3.8) is 0 Å². The summed E-state index contributed by atoms with van der Waals surface area (Å²) in [5.41, 5.74) is 1.71. The van der Waals surface area contributed by atoms with E-state index >= 15 is 0 Å². The van der Waals surface area contributed by atoms with Crippen LogP contribution < -0.4 is 14.8 Å². The number of anilines is 1. The van der Waals surface area contributed by atoms with Crippen LogP contribution in [-0.4, -0.2) is 48.2 Å². The lowest BCUT2D eigenvalue weighted by molar-refractivity contribution is -0.127. The molecular weight excluding hydrogens is 591 g/mol. The minimum atomic E-state index is -0.640. The maximum Gasteiger partial charge on any atom is 0.339 e. The summed E-state index contributed by atoms with van der Waals surface area (Å²) in [4.78, 5) is 51.6. The normalized spacial score (nSPS) is 13.9. The van der Waals surface area contributed by atoms with Crippen molar-refractivity contribution in [1.29, 1.82) is 0 Å². The van der Waals surface area contributed by atoms with Crippen LogP contribution in [-0.2, 0) is 20.9 Å². The van der Waals surface area contributed by atoms with E-state index in [-0.39, 0.29) is 34.4 Å². The summed E-state index contributed by atoms with van der Waals surface area (Å²) < 4.78 is 16.4. The van der Waals surface area contributed by atoms with Gasteiger partial charge in [0.05, 0.1) is 29.2 Å². The van der Waals surface area contributed by atoms with Crippen LogP contribution >= 0.6 is 35.0 Å². The van der Waals surface area contributed by atoms with Crippen molar-refractivity contribution in [2.75, 3.05) is 25.6 Å². The number of nitrogens with zero attached hydrogens (tertiary/aromatic N) is 1. The van der Waals surface area contributed by atoms with E-state index in [0.717, 1.165) is 10.5 Å². The molecule has 1 aliphatic rings. The zero-order valence-electron chi connectivity index (χ0n) is 21.9. The Morgan fingerprint density at radius 2 is 1.80 bits per heavy atom. The smallest absolute Gasteiger partial charge is 0.339 e. The van der Waals surface area contributed by atoms with Crippen LogP contribution in [0.1, 0.15) is 28.4 Å². The summed E-state index contributed by atoms with van der Waals surface area (Å²) >= 11 is 12.7. The lowest BCUT2D eigenvalue weighted by Gasteiger charge is -2.14. The molecule has 3 aromatic rings. The SMILES string of the molecule is CCOC(=O)c1cc(NC(=O)CN2C(=O)S/C(=C/c3cccc(OC)c3OCc3ccc(Cl)cc3)C2=O)ccc1Cl. The molecule has 0 saturated carbocycles. The van der Waals surface area contributed by atoms with Crippen molar-refractivity contribution < 1.29 is 33.4 Å². The number of nitrogens with one attached hydrogen (secondary N) is 1. The highest BCUT2D eigenvalue weighted by Gasteiger charge is 2.36.